The lowest BCUT2D eigenvalue weighted by Gasteiger charge is -2.07. The first-order valence-electron chi connectivity index (χ1n) is 4.53. The summed E-state index contributed by atoms with van der Waals surface area (Å²) in [5.74, 6) is 0.632. The molecule has 0 atom stereocenters. The minimum absolute atomic E-state index is 0.0129. The van der Waals surface area contributed by atoms with Gasteiger partial charge in [-0.15, -0.1) is 0 Å². The summed E-state index contributed by atoms with van der Waals surface area (Å²) in [4.78, 5) is 11.3. The second-order valence-corrected chi connectivity index (χ2v) is 2.83. The lowest BCUT2D eigenvalue weighted by molar-refractivity contribution is -0.0102. The molecule has 0 fully saturated rings. The van der Waals surface area contributed by atoms with Crippen molar-refractivity contribution in [1.29, 1.82) is 0 Å². The van der Waals surface area contributed by atoms with E-state index in [0.29, 0.717) is 19.0 Å². The standard InChI is InChI=1S/C10H14O5/c1-8-10(9(11)3-4-14-8)15-7-13-6-5-12-2/h3-4H,5-7H2,1-2H3. The van der Waals surface area contributed by atoms with E-state index < -0.39 is 0 Å². The molecule has 0 N–H and O–H groups in total. The van der Waals surface area contributed by atoms with Crippen LogP contribution in [-0.4, -0.2) is 27.1 Å². The Bertz CT molecular complexity index is 344. The fraction of sp³-hybridized carbons (Fsp3) is 0.500. The number of ether oxygens (including phenoxy) is 3. The Balaban J connectivity index is 2.40. The quantitative estimate of drug-likeness (QED) is 0.521. The van der Waals surface area contributed by atoms with Crippen LogP contribution in [0.4, 0.5) is 0 Å². The number of hydrogen-bond acceptors (Lipinski definition) is 5. The lowest BCUT2D eigenvalue weighted by Crippen LogP contribution is -2.13. The van der Waals surface area contributed by atoms with Gasteiger partial charge < -0.3 is 18.6 Å². The highest BCUT2D eigenvalue weighted by Crippen LogP contribution is 2.10. The van der Waals surface area contributed by atoms with Gasteiger partial charge in [-0.1, -0.05) is 0 Å². The fourth-order valence-corrected chi connectivity index (χ4v) is 0.975. The van der Waals surface area contributed by atoms with Crippen LogP contribution in [0.5, 0.6) is 5.75 Å². The first kappa shape index (κ1) is 11.7. The summed E-state index contributed by atoms with van der Waals surface area (Å²) >= 11 is 0. The Hall–Kier alpha value is -1.33. The van der Waals surface area contributed by atoms with Crippen LogP contribution in [0.3, 0.4) is 0 Å². The average molecular weight is 214 g/mol. The summed E-state index contributed by atoms with van der Waals surface area (Å²) in [5.41, 5.74) is -0.214. The van der Waals surface area contributed by atoms with Gasteiger partial charge >= 0.3 is 0 Å². The molecule has 0 unspecified atom stereocenters. The molecule has 0 bridgehead atoms. The molecule has 84 valence electrons. The zero-order valence-corrected chi connectivity index (χ0v) is 8.82. The van der Waals surface area contributed by atoms with Gasteiger partial charge in [0.25, 0.3) is 0 Å². The second-order valence-electron chi connectivity index (χ2n) is 2.83. The highest BCUT2D eigenvalue weighted by molar-refractivity contribution is 5.22. The zero-order chi connectivity index (χ0) is 11.1. The predicted molar refractivity (Wildman–Crippen MR) is 53.0 cm³/mol. The van der Waals surface area contributed by atoms with E-state index in [2.05, 4.69) is 0 Å². The van der Waals surface area contributed by atoms with Gasteiger partial charge in [0.15, 0.2) is 6.79 Å². The van der Waals surface area contributed by atoms with Gasteiger partial charge in [-0.3, -0.25) is 4.79 Å². The zero-order valence-electron chi connectivity index (χ0n) is 8.82. The number of methoxy groups -OCH3 is 1. The van der Waals surface area contributed by atoms with Crippen molar-refractivity contribution in [3.63, 3.8) is 0 Å². The molecule has 0 aliphatic rings. The van der Waals surface area contributed by atoms with E-state index in [1.165, 1.54) is 12.3 Å². The van der Waals surface area contributed by atoms with Crippen LogP contribution < -0.4 is 10.2 Å². The van der Waals surface area contributed by atoms with Crippen LogP contribution in [0.15, 0.2) is 21.5 Å². The molecule has 15 heavy (non-hydrogen) atoms. The van der Waals surface area contributed by atoms with Crippen molar-refractivity contribution in [3.05, 3.63) is 28.3 Å². The summed E-state index contributed by atoms with van der Waals surface area (Å²) in [6.45, 7) is 2.59. The van der Waals surface area contributed by atoms with E-state index in [4.69, 9.17) is 18.6 Å². The van der Waals surface area contributed by atoms with Crippen molar-refractivity contribution in [2.75, 3.05) is 27.1 Å². The van der Waals surface area contributed by atoms with Crippen molar-refractivity contribution >= 4 is 0 Å². The number of hydrogen-bond donors (Lipinski definition) is 0. The third-order valence-electron chi connectivity index (χ3n) is 1.73. The van der Waals surface area contributed by atoms with Gasteiger partial charge in [0.2, 0.25) is 11.2 Å². The maximum absolute atomic E-state index is 11.3. The maximum atomic E-state index is 11.3. The van der Waals surface area contributed by atoms with Crippen molar-refractivity contribution in [2.24, 2.45) is 0 Å². The molecule has 0 aliphatic heterocycles. The van der Waals surface area contributed by atoms with Crippen LogP contribution in [0.1, 0.15) is 5.76 Å². The smallest absolute Gasteiger partial charge is 0.227 e. The van der Waals surface area contributed by atoms with Crippen LogP contribution in [0.2, 0.25) is 0 Å². The minimum Gasteiger partial charge on any atom is -0.465 e. The molecule has 0 saturated carbocycles. The summed E-state index contributed by atoms with van der Waals surface area (Å²) in [5, 5.41) is 0. The molecular formula is C10H14O5. The summed E-state index contributed by atoms with van der Waals surface area (Å²) in [6.07, 6.45) is 1.33. The summed E-state index contributed by atoms with van der Waals surface area (Å²) in [6, 6.07) is 1.30. The van der Waals surface area contributed by atoms with Crippen molar-refractivity contribution in [3.8, 4) is 5.75 Å². The molecule has 1 aromatic rings. The molecule has 1 aromatic heterocycles. The third-order valence-corrected chi connectivity index (χ3v) is 1.73. The molecule has 0 radical (unpaired) electrons. The van der Waals surface area contributed by atoms with Crippen LogP contribution in [-0.2, 0) is 9.47 Å². The molecule has 0 spiro atoms. The van der Waals surface area contributed by atoms with Gasteiger partial charge in [0.05, 0.1) is 19.5 Å². The normalized spacial score (nSPS) is 10.3. The molecule has 0 aliphatic carbocycles. The monoisotopic (exact) mass is 214 g/mol. The van der Waals surface area contributed by atoms with E-state index in [-0.39, 0.29) is 18.0 Å². The predicted octanol–water partition coefficient (Wildman–Crippen LogP) is 0.948. The number of rotatable bonds is 6. The topological polar surface area (TPSA) is 57.9 Å². The van der Waals surface area contributed by atoms with E-state index in [0.717, 1.165) is 0 Å². The molecule has 0 saturated heterocycles. The minimum atomic E-state index is -0.214. The van der Waals surface area contributed by atoms with Crippen LogP contribution >= 0.6 is 0 Å². The van der Waals surface area contributed by atoms with Gasteiger partial charge in [-0.25, -0.2) is 0 Å². The van der Waals surface area contributed by atoms with Gasteiger partial charge in [0, 0.05) is 13.2 Å². The number of aryl methyl sites for hydroxylation is 1. The second kappa shape index (κ2) is 6.21. The highest BCUT2D eigenvalue weighted by Gasteiger charge is 2.05. The fourth-order valence-electron chi connectivity index (χ4n) is 0.975. The van der Waals surface area contributed by atoms with Crippen molar-refractivity contribution in [1.82, 2.24) is 0 Å². The molecule has 0 amide bonds. The first-order valence-corrected chi connectivity index (χ1v) is 4.53. The summed E-state index contributed by atoms with van der Waals surface area (Å²) < 4.78 is 20.0. The first-order chi connectivity index (χ1) is 7.25. The van der Waals surface area contributed by atoms with E-state index in [1.807, 2.05) is 0 Å². The van der Waals surface area contributed by atoms with E-state index in [9.17, 15) is 4.79 Å². The summed E-state index contributed by atoms with van der Waals surface area (Å²) in [7, 11) is 1.58. The Kier molecular flexibility index (Phi) is 4.86. The van der Waals surface area contributed by atoms with Crippen molar-refractivity contribution < 1.29 is 18.6 Å². The Morgan fingerprint density at radius 3 is 2.87 bits per heavy atom. The maximum Gasteiger partial charge on any atom is 0.227 e. The molecule has 5 heteroatoms. The van der Waals surface area contributed by atoms with E-state index >= 15 is 0 Å². The molecule has 5 nitrogen and oxygen atoms in total. The lowest BCUT2D eigenvalue weighted by atomic mass is 10.4. The van der Waals surface area contributed by atoms with Gasteiger partial charge in [0.1, 0.15) is 5.76 Å². The SMILES string of the molecule is COCCOCOc1c(C)occc1=O. The Morgan fingerprint density at radius 1 is 1.40 bits per heavy atom. The third kappa shape index (κ3) is 3.73. The molecule has 1 heterocycles. The van der Waals surface area contributed by atoms with Gasteiger partial charge in [-0.2, -0.15) is 0 Å². The van der Waals surface area contributed by atoms with Gasteiger partial charge in [-0.05, 0) is 6.92 Å². The highest BCUT2D eigenvalue weighted by atomic mass is 16.7. The largest absolute Gasteiger partial charge is 0.465 e. The Morgan fingerprint density at radius 2 is 2.20 bits per heavy atom. The van der Waals surface area contributed by atoms with Crippen LogP contribution in [0, 0.1) is 6.92 Å². The average Bonchev–Trinajstić information content (AvgIpc) is 2.21. The molecule has 0 aromatic carbocycles. The molecule has 1 rings (SSSR count). The van der Waals surface area contributed by atoms with Crippen LogP contribution in [0.25, 0.3) is 0 Å². The molecular weight excluding hydrogens is 200 g/mol. The Labute approximate surface area is 87.6 Å². The van der Waals surface area contributed by atoms with Crippen molar-refractivity contribution in [2.45, 2.75) is 6.92 Å². The van der Waals surface area contributed by atoms with E-state index in [1.54, 1.807) is 14.0 Å².